The molecule has 1 fully saturated rings. The average molecular weight is 297 g/mol. The molecule has 1 amide bonds. The Bertz CT molecular complexity index is 652. The average Bonchev–Trinajstić information content (AvgIpc) is 2.71. The van der Waals surface area contributed by atoms with Crippen molar-refractivity contribution in [1.29, 1.82) is 0 Å². The summed E-state index contributed by atoms with van der Waals surface area (Å²) in [5.74, 6) is 0.0919. The standard InChI is InChI=1S/C18H23N3O/c1-13(2)8-11-21-17(22)12-16(18(21)9-5-10-18)20-15-7-4-3-6-14(15)19/h3-4,6-8,12,20H,5,9-11,19H2,1-2H3. The summed E-state index contributed by atoms with van der Waals surface area (Å²) in [4.78, 5) is 14.4. The lowest BCUT2D eigenvalue weighted by Gasteiger charge is -2.47. The maximum atomic E-state index is 12.4. The van der Waals surface area contributed by atoms with Gasteiger partial charge in [-0.1, -0.05) is 23.8 Å². The van der Waals surface area contributed by atoms with E-state index in [1.165, 1.54) is 5.57 Å². The lowest BCUT2D eigenvalue weighted by Crippen LogP contribution is -2.54. The van der Waals surface area contributed by atoms with Gasteiger partial charge in [-0.2, -0.15) is 0 Å². The zero-order chi connectivity index (χ0) is 15.7. The number of hydrogen-bond donors (Lipinski definition) is 2. The molecule has 0 saturated heterocycles. The lowest BCUT2D eigenvalue weighted by atomic mass is 9.74. The number of anilines is 2. The fourth-order valence-electron chi connectivity index (χ4n) is 3.19. The summed E-state index contributed by atoms with van der Waals surface area (Å²) in [6.45, 7) is 4.80. The minimum atomic E-state index is -0.161. The molecule has 1 heterocycles. The monoisotopic (exact) mass is 297 g/mol. The summed E-state index contributed by atoms with van der Waals surface area (Å²) >= 11 is 0. The van der Waals surface area contributed by atoms with Gasteiger partial charge in [-0.3, -0.25) is 4.79 Å². The normalized spacial score (nSPS) is 18.9. The zero-order valence-corrected chi connectivity index (χ0v) is 13.2. The Morgan fingerprint density at radius 3 is 2.68 bits per heavy atom. The van der Waals surface area contributed by atoms with Crippen molar-refractivity contribution in [3.63, 3.8) is 0 Å². The van der Waals surface area contributed by atoms with Crippen LogP contribution in [0, 0.1) is 0 Å². The molecule has 0 atom stereocenters. The second-order valence-electron chi connectivity index (χ2n) is 6.39. The maximum absolute atomic E-state index is 12.4. The number of allylic oxidation sites excluding steroid dienone is 1. The first-order valence-electron chi connectivity index (χ1n) is 7.81. The van der Waals surface area contributed by atoms with E-state index in [2.05, 4.69) is 25.2 Å². The smallest absolute Gasteiger partial charge is 0.249 e. The molecule has 4 heteroatoms. The third kappa shape index (κ3) is 2.39. The second-order valence-corrected chi connectivity index (χ2v) is 6.39. The SMILES string of the molecule is CC(C)=CCN1C(=O)C=C(Nc2ccccc2N)C12CCC2. The van der Waals surface area contributed by atoms with E-state index in [0.717, 1.165) is 30.6 Å². The first-order chi connectivity index (χ1) is 10.5. The van der Waals surface area contributed by atoms with E-state index < -0.39 is 0 Å². The van der Waals surface area contributed by atoms with Crippen molar-refractivity contribution in [2.45, 2.75) is 38.6 Å². The van der Waals surface area contributed by atoms with Crippen LogP contribution in [0.25, 0.3) is 0 Å². The van der Waals surface area contributed by atoms with Crippen molar-refractivity contribution in [2.24, 2.45) is 0 Å². The highest BCUT2D eigenvalue weighted by Crippen LogP contribution is 2.47. The predicted molar refractivity (Wildman–Crippen MR) is 90.3 cm³/mol. The van der Waals surface area contributed by atoms with Crippen LogP contribution in [0.4, 0.5) is 11.4 Å². The Hall–Kier alpha value is -2.23. The van der Waals surface area contributed by atoms with Crippen molar-refractivity contribution in [3.8, 4) is 0 Å². The van der Waals surface area contributed by atoms with Crippen molar-refractivity contribution in [2.75, 3.05) is 17.6 Å². The van der Waals surface area contributed by atoms with Crippen LogP contribution in [0.3, 0.4) is 0 Å². The van der Waals surface area contributed by atoms with Gasteiger partial charge in [0, 0.05) is 18.3 Å². The van der Waals surface area contributed by atoms with Crippen molar-refractivity contribution < 1.29 is 4.79 Å². The number of carbonyl (C=O) groups is 1. The van der Waals surface area contributed by atoms with Crippen LogP contribution in [0.5, 0.6) is 0 Å². The van der Waals surface area contributed by atoms with Gasteiger partial charge in [0.25, 0.3) is 0 Å². The fourth-order valence-corrected chi connectivity index (χ4v) is 3.19. The van der Waals surface area contributed by atoms with Gasteiger partial charge in [0.2, 0.25) is 5.91 Å². The number of nitrogen functional groups attached to an aromatic ring is 1. The number of benzene rings is 1. The van der Waals surface area contributed by atoms with Gasteiger partial charge in [0.15, 0.2) is 0 Å². The van der Waals surface area contributed by atoms with Crippen LogP contribution in [0.1, 0.15) is 33.1 Å². The van der Waals surface area contributed by atoms with Gasteiger partial charge in [-0.15, -0.1) is 0 Å². The van der Waals surface area contributed by atoms with Crippen LogP contribution in [0.15, 0.2) is 47.7 Å². The number of para-hydroxylation sites is 2. The largest absolute Gasteiger partial charge is 0.397 e. The number of carbonyl (C=O) groups excluding carboxylic acids is 1. The lowest BCUT2D eigenvalue weighted by molar-refractivity contribution is -0.130. The fraction of sp³-hybridized carbons (Fsp3) is 0.389. The molecule has 4 nitrogen and oxygen atoms in total. The molecule has 1 saturated carbocycles. The molecule has 3 N–H and O–H groups in total. The van der Waals surface area contributed by atoms with E-state index in [-0.39, 0.29) is 11.4 Å². The first kappa shape index (κ1) is 14.7. The number of nitrogens with one attached hydrogen (secondary N) is 1. The quantitative estimate of drug-likeness (QED) is 0.662. The molecule has 1 aromatic carbocycles. The van der Waals surface area contributed by atoms with Crippen LogP contribution in [-0.4, -0.2) is 22.9 Å². The molecule has 0 unspecified atom stereocenters. The molecule has 0 aromatic heterocycles. The molecule has 1 spiro atoms. The van der Waals surface area contributed by atoms with Gasteiger partial charge in [0.05, 0.1) is 16.9 Å². The minimum Gasteiger partial charge on any atom is -0.397 e. The Kier molecular flexibility index (Phi) is 3.69. The van der Waals surface area contributed by atoms with Crippen LogP contribution in [0.2, 0.25) is 0 Å². The second kappa shape index (κ2) is 5.52. The topological polar surface area (TPSA) is 58.4 Å². The van der Waals surface area contributed by atoms with Crippen LogP contribution >= 0.6 is 0 Å². The van der Waals surface area contributed by atoms with E-state index in [1.807, 2.05) is 29.2 Å². The summed E-state index contributed by atoms with van der Waals surface area (Å²) in [6.07, 6.45) is 7.04. The van der Waals surface area contributed by atoms with E-state index >= 15 is 0 Å². The summed E-state index contributed by atoms with van der Waals surface area (Å²) < 4.78 is 0. The Balaban J connectivity index is 1.86. The van der Waals surface area contributed by atoms with Crippen molar-refractivity contribution >= 4 is 17.3 Å². The number of rotatable bonds is 4. The predicted octanol–water partition coefficient (Wildman–Crippen LogP) is 3.30. The number of amides is 1. The van der Waals surface area contributed by atoms with E-state index in [4.69, 9.17) is 5.73 Å². The van der Waals surface area contributed by atoms with E-state index in [1.54, 1.807) is 6.08 Å². The third-order valence-electron chi connectivity index (χ3n) is 4.64. The molecule has 1 aliphatic carbocycles. The Morgan fingerprint density at radius 2 is 2.09 bits per heavy atom. The molecular formula is C18H23N3O. The van der Waals surface area contributed by atoms with Gasteiger partial charge in [0.1, 0.15) is 0 Å². The third-order valence-corrected chi connectivity index (χ3v) is 4.64. The highest BCUT2D eigenvalue weighted by molar-refractivity contribution is 5.94. The first-order valence-corrected chi connectivity index (χ1v) is 7.81. The summed E-state index contributed by atoms with van der Waals surface area (Å²) in [6, 6.07) is 7.68. The summed E-state index contributed by atoms with van der Waals surface area (Å²) in [7, 11) is 0. The maximum Gasteiger partial charge on any atom is 0.249 e. The molecule has 0 radical (unpaired) electrons. The van der Waals surface area contributed by atoms with E-state index in [9.17, 15) is 4.79 Å². The van der Waals surface area contributed by atoms with Gasteiger partial charge in [-0.25, -0.2) is 0 Å². The molecule has 0 bridgehead atoms. The highest BCUT2D eigenvalue weighted by atomic mass is 16.2. The number of hydrogen-bond acceptors (Lipinski definition) is 3. The Labute approximate surface area is 131 Å². The summed E-state index contributed by atoms with van der Waals surface area (Å²) in [5, 5.41) is 3.40. The number of nitrogens with zero attached hydrogens (tertiary/aromatic N) is 1. The summed E-state index contributed by atoms with van der Waals surface area (Å²) in [5.41, 5.74) is 9.65. The van der Waals surface area contributed by atoms with Crippen molar-refractivity contribution in [3.05, 3.63) is 47.7 Å². The highest BCUT2D eigenvalue weighted by Gasteiger charge is 2.51. The van der Waals surface area contributed by atoms with Gasteiger partial charge < -0.3 is 16.0 Å². The molecule has 2 aliphatic rings. The van der Waals surface area contributed by atoms with Crippen LogP contribution in [-0.2, 0) is 4.79 Å². The molecule has 116 valence electrons. The zero-order valence-electron chi connectivity index (χ0n) is 13.2. The molecule has 3 rings (SSSR count). The molecule has 1 aliphatic heterocycles. The van der Waals surface area contributed by atoms with Gasteiger partial charge >= 0.3 is 0 Å². The molecule has 1 aromatic rings. The Morgan fingerprint density at radius 1 is 1.36 bits per heavy atom. The molecular weight excluding hydrogens is 274 g/mol. The minimum absolute atomic E-state index is 0.0919. The van der Waals surface area contributed by atoms with Crippen LogP contribution < -0.4 is 11.1 Å². The van der Waals surface area contributed by atoms with Gasteiger partial charge in [-0.05, 0) is 45.2 Å². The van der Waals surface area contributed by atoms with Crippen molar-refractivity contribution in [1.82, 2.24) is 4.90 Å². The molecule has 22 heavy (non-hydrogen) atoms. The van der Waals surface area contributed by atoms with E-state index in [0.29, 0.717) is 12.2 Å². The number of nitrogens with two attached hydrogens (primary N) is 1.